The minimum absolute atomic E-state index is 0.272. The van der Waals surface area contributed by atoms with E-state index in [0.717, 1.165) is 12.0 Å². The molecule has 0 bridgehead atoms. The maximum absolute atomic E-state index is 11.3. The number of hydrogen-bond acceptors (Lipinski definition) is 3. The summed E-state index contributed by atoms with van der Waals surface area (Å²) >= 11 is 6.40. The van der Waals surface area contributed by atoms with Gasteiger partial charge in [0.1, 0.15) is 0 Å². The molecule has 0 saturated heterocycles. The Balaban J connectivity index is 3.46. The Bertz CT molecular complexity index is 509. The molecule has 112 valence electrons. The van der Waals surface area contributed by atoms with Crippen molar-refractivity contribution in [2.45, 2.75) is 33.6 Å². The van der Waals surface area contributed by atoms with E-state index in [9.17, 15) is 9.90 Å². The molecule has 0 aliphatic rings. The van der Waals surface area contributed by atoms with Gasteiger partial charge in [0.25, 0.3) is 0 Å². The van der Waals surface area contributed by atoms with E-state index in [1.807, 2.05) is 13.0 Å². The highest BCUT2D eigenvalue weighted by molar-refractivity contribution is 6.32. The molecule has 0 heterocycles. The van der Waals surface area contributed by atoms with E-state index in [1.165, 1.54) is 7.11 Å². The highest BCUT2D eigenvalue weighted by Gasteiger charge is 2.31. The third-order valence-corrected chi connectivity index (χ3v) is 3.82. The number of benzene rings is 1. The fraction of sp³-hybridized carbons (Fsp3) is 0.533. The van der Waals surface area contributed by atoms with Crippen LogP contribution in [0.15, 0.2) is 6.07 Å². The summed E-state index contributed by atoms with van der Waals surface area (Å²) in [5, 5.41) is 9.85. The molecular weight excluding hydrogens is 280 g/mol. The molecule has 0 aliphatic heterocycles. The lowest BCUT2D eigenvalue weighted by atomic mass is 9.84. The van der Waals surface area contributed by atoms with Crippen molar-refractivity contribution in [3.8, 4) is 11.5 Å². The first-order chi connectivity index (χ1) is 9.28. The second-order valence-electron chi connectivity index (χ2n) is 5.28. The highest BCUT2D eigenvalue weighted by atomic mass is 35.5. The van der Waals surface area contributed by atoms with E-state index >= 15 is 0 Å². The molecule has 5 heteroatoms. The summed E-state index contributed by atoms with van der Waals surface area (Å²) in [5.41, 5.74) is 0.659. The molecule has 1 N–H and O–H groups in total. The molecule has 20 heavy (non-hydrogen) atoms. The third kappa shape index (κ3) is 3.18. The van der Waals surface area contributed by atoms with E-state index < -0.39 is 11.4 Å². The highest BCUT2D eigenvalue weighted by Crippen LogP contribution is 2.42. The van der Waals surface area contributed by atoms with Crippen LogP contribution in [0.4, 0.5) is 0 Å². The van der Waals surface area contributed by atoms with Crippen LogP contribution in [0.1, 0.15) is 31.9 Å². The van der Waals surface area contributed by atoms with Gasteiger partial charge in [0, 0.05) is 5.56 Å². The van der Waals surface area contributed by atoms with Gasteiger partial charge >= 0.3 is 5.97 Å². The predicted octanol–water partition coefficient (Wildman–Crippen LogP) is 3.57. The van der Waals surface area contributed by atoms with Crippen molar-refractivity contribution in [2.75, 3.05) is 14.2 Å². The van der Waals surface area contributed by atoms with Crippen LogP contribution in [0.2, 0.25) is 5.02 Å². The summed E-state index contributed by atoms with van der Waals surface area (Å²) in [6.45, 7) is 5.31. The van der Waals surface area contributed by atoms with Gasteiger partial charge < -0.3 is 14.6 Å². The van der Waals surface area contributed by atoms with Crippen molar-refractivity contribution in [3.63, 3.8) is 0 Å². The van der Waals surface area contributed by atoms with Gasteiger partial charge in [-0.3, -0.25) is 4.79 Å². The summed E-state index contributed by atoms with van der Waals surface area (Å²) in [5.74, 6) is 0.199. The lowest BCUT2D eigenvalue weighted by molar-refractivity contribution is -0.146. The Hall–Kier alpha value is -1.42. The predicted molar refractivity (Wildman–Crippen MR) is 79.1 cm³/mol. The van der Waals surface area contributed by atoms with Crippen LogP contribution in [0.3, 0.4) is 0 Å². The molecule has 0 spiro atoms. The van der Waals surface area contributed by atoms with Crippen molar-refractivity contribution in [1.29, 1.82) is 0 Å². The number of aliphatic carboxylic acids is 1. The largest absolute Gasteiger partial charge is 0.493 e. The summed E-state index contributed by atoms with van der Waals surface area (Å²) in [4.78, 5) is 11.3. The summed E-state index contributed by atoms with van der Waals surface area (Å²) in [6, 6.07) is 1.83. The van der Waals surface area contributed by atoms with Crippen molar-refractivity contribution in [2.24, 2.45) is 5.41 Å². The summed E-state index contributed by atoms with van der Waals surface area (Å²) < 4.78 is 10.7. The fourth-order valence-electron chi connectivity index (χ4n) is 2.04. The monoisotopic (exact) mass is 300 g/mol. The fourth-order valence-corrected chi connectivity index (χ4v) is 2.38. The van der Waals surface area contributed by atoms with Crippen molar-refractivity contribution < 1.29 is 19.4 Å². The molecule has 0 saturated carbocycles. The molecule has 1 rings (SSSR count). The van der Waals surface area contributed by atoms with Gasteiger partial charge in [-0.1, -0.05) is 18.5 Å². The topological polar surface area (TPSA) is 55.8 Å². The smallest absolute Gasteiger partial charge is 0.309 e. The number of carboxylic acids is 1. The van der Waals surface area contributed by atoms with Gasteiger partial charge in [-0.2, -0.15) is 0 Å². The molecule has 0 aliphatic carbocycles. The van der Waals surface area contributed by atoms with Gasteiger partial charge in [-0.25, -0.2) is 0 Å². The van der Waals surface area contributed by atoms with E-state index in [4.69, 9.17) is 21.1 Å². The Kier molecular flexibility index (Phi) is 5.28. The summed E-state index contributed by atoms with van der Waals surface area (Å²) in [6.07, 6.45) is 1.01. The number of aryl methyl sites for hydroxylation is 1. The SMILES string of the molecule is CCc1cc(OC)c(OC)c(CC(C)(C)C(=O)O)c1Cl. The first-order valence-corrected chi connectivity index (χ1v) is 6.81. The lowest BCUT2D eigenvalue weighted by Crippen LogP contribution is -2.26. The number of rotatable bonds is 6. The molecule has 0 fully saturated rings. The molecule has 0 unspecified atom stereocenters. The van der Waals surface area contributed by atoms with E-state index in [0.29, 0.717) is 22.1 Å². The average Bonchev–Trinajstić information content (AvgIpc) is 2.40. The van der Waals surface area contributed by atoms with Crippen molar-refractivity contribution >= 4 is 17.6 Å². The third-order valence-electron chi connectivity index (χ3n) is 3.35. The molecule has 1 aromatic rings. The minimum Gasteiger partial charge on any atom is -0.493 e. The molecule has 0 amide bonds. The molecule has 0 atom stereocenters. The zero-order valence-corrected chi connectivity index (χ0v) is 13.3. The quantitative estimate of drug-likeness (QED) is 0.872. The van der Waals surface area contributed by atoms with Crippen LogP contribution < -0.4 is 9.47 Å². The normalized spacial score (nSPS) is 11.3. The van der Waals surface area contributed by atoms with Crippen LogP contribution in [0.5, 0.6) is 11.5 Å². The standard InChI is InChI=1S/C15H21ClO4/c1-6-9-7-11(19-4)13(20-5)10(12(9)16)8-15(2,3)14(17)18/h7H,6,8H2,1-5H3,(H,17,18). The van der Waals surface area contributed by atoms with Gasteiger partial charge in [-0.15, -0.1) is 0 Å². The molecule has 0 aromatic heterocycles. The Labute approximate surface area is 124 Å². The first kappa shape index (κ1) is 16.6. The lowest BCUT2D eigenvalue weighted by Gasteiger charge is -2.23. The van der Waals surface area contributed by atoms with E-state index in [1.54, 1.807) is 21.0 Å². The number of carbonyl (C=O) groups is 1. The molecule has 1 aromatic carbocycles. The number of carboxylic acid groups (broad SMARTS) is 1. The molecule has 4 nitrogen and oxygen atoms in total. The van der Waals surface area contributed by atoms with Crippen LogP contribution >= 0.6 is 11.6 Å². The van der Waals surface area contributed by atoms with Gasteiger partial charge in [-0.05, 0) is 38.3 Å². The number of halogens is 1. The number of methoxy groups -OCH3 is 2. The molecular formula is C15H21ClO4. The summed E-state index contributed by atoms with van der Waals surface area (Å²) in [7, 11) is 3.08. The Morgan fingerprint density at radius 2 is 1.95 bits per heavy atom. The minimum atomic E-state index is -0.936. The van der Waals surface area contributed by atoms with Gasteiger partial charge in [0.15, 0.2) is 11.5 Å². The van der Waals surface area contributed by atoms with Crippen molar-refractivity contribution in [3.05, 3.63) is 22.2 Å². The van der Waals surface area contributed by atoms with Gasteiger partial charge in [0.05, 0.1) is 24.7 Å². The zero-order valence-electron chi connectivity index (χ0n) is 12.5. The van der Waals surface area contributed by atoms with Crippen LogP contribution in [0.25, 0.3) is 0 Å². The van der Waals surface area contributed by atoms with Crippen LogP contribution in [0, 0.1) is 5.41 Å². The maximum Gasteiger partial charge on any atom is 0.309 e. The Morgan fingerprint density at radius 1 is 1.35 bits per heavy atom. The second-order valence-corrected chi connectivity index (χ2v) is 5.66. The van der Waals surface area contributed by atoms with E-state index in [-0.39, 0.29) is 6.42 Å². The number of ether oxygens (including phenoxy) is 2. The van der Waals surface area contributed by atoms with E-state index in [2.05, 4.69) is 0 Å². The maximum atomic E-state index is 11.3. The average molecular weight is 301 g/mol. The zero-order chi connectivity index (χ0) is 15.5. The van der Waals surface area contributed by atoms with Crippen LogP contribution in [-0.4, -0.2) is 25.3 Å². The van der Waals surface area contributed by atoms with Crippen LogP contribution in [-0.2, 0) is 17.6 Å². The second kappa shape index (κ2) is 6.35. The molecule has 0 radical (unpaired) electrons. The van der Waals surface area contributed by atoms with Gasteiger partial charge in [0.2, 0.25) is 0 Å². The van der Waals surface area contributed by atoms with Crippen molar-refractivity contribution in [1.82, 2.24) is 0 Å². The number of hydrogen-bond donors (Lipinski definition) is 1. The Morgan fingerprint density at radius 3 is 2.35 bits per heavy atom. The first-order valence-electron chi connectivity index (χ1n) is 6.44.